The molecule has 1 aliphatic rings. The Labute approximate surface area is 116 Å². The average molecular weight is 289 g/mol. The van der Waals surface area contributed by atoms with Crippen LogP contribution in [0.25, 0.3) is 0 Å². The van der Waals surface area contributed by atoms with Gasteiger partial charge in [-0.25, -0.2) is 9.59 Å². The smallest absolute Gasteiger partial charge is 0.328 e. The first-order chi connectivity index (χ1) is 8.88. The van der Waals surface area contributed by atoms with Gasteiger partial charge in [-0.15, -0.1) is 0 Å². The summed E-state index contributed by atoms with van der Waals surface area (Å²) in [5.41, 5.74) is 0. The number of aliphatic carboxylic acids is 1. The number of carbonyl (C=O) groups excluding carboxylic acids is 2. The van der Waals surface area contributed by atoms with Gasteiger partial charge in [0.15, 0.2) is 0 Å². The molecule has 2 N–H and O–H groups in total. The van der Waals surface area contributed by atoms with Crippen molar-refractivity contribution in [3.8, 4) is 0 Å². The number of amides is 3. The lowest BCUT2D eigenvalue weighted by molar-refractivity contribution is -0.144. The number of piperazine rings is 1. The number of carbonyl (C=O) groups is 3. The van der Waals surface area contributed by atoms with E-state index in [0.29, 0.717) is 0 Å². The minimum atomic E-state index is -1.11. The molecule has 2 unspecified atom stereocenters. The number of hydrogen-bond donors (Lipinski definition) is 2. The van der Waals surface area contributed by atoms with Gasteiger partial charge in [-0.2, -0.15) is 11.8 Å². The van der Waals surface area contributed by atoms with Gasteiger partial charge < -0.3 is 15.3 Å². The third kappa shape index (κ3) is 3.76. The fourth-order valence-corrected chi connectivity index (χ4v) is 2.51. The van der Waals surface area contributed by atoms with Crippen molar-refractivity contribution in [3.63, 3.8) is 0 Å². The Morgan fingerprint density at radius 2 is 2.26 bits per heavy atom. The zero-order valence-corrected chi connectivity index (χ0v) is 12.1. The second-order valence-electron chi connectivity index (χ2n) is 4.48. The van der Waals surface area contributed by atoms with Crippen LogP contribution in [-0.2, 0) is 9.59 Å². The number of carboxylic acids is 1. The monoisotopic (exact) mass is 289 g/mol. The molecule has 0 aliphatic carbocycles. The fourth-order valence-electron chi connectivity index (χ4n) is 1.81. The third-order valence-electron chi connectivity index (χ3n) is 3.08. The molecule has 0 spiro atoms. The van der Waals surface area contributed by atoms with Gasteiger partial charge in [0.2, 0.25) is 5.91 Å². The van der Waals surface area contributed by atoms with Crippen LogP contribution >= 0.6 is 11.8 Å². The first-order valence-corrected chi connectivity index (χ1v) is 7.29. The van der Waals surface area contributed by atoms with E-state index in [1.165, 1.54) is 4.90 Å². The summed E-state index contributed by atoms with van der Waals surface area (Å²) in [5.74, 6) is -0.698. The van der Waals surface area contributed by atoms with Gasteiger partial charge in [0.05, 0.1) is 0 Å². The molecule has 0 radical (unpaired) electrons. The van der Waals surface area contributed by atoms with E-state index < -0.39 is 18.0 Å². The van der Waals surface area contributed by atoms with Gasteiger partial charge in [-0.1, -0.05) is 0 Å². The Bertz CT molecular complexity index is 377. The van der Waals surface area contributed by atoms with Gasteiger partial charge in [0.1, 0.15) is 12.6 Å². The van der Waals surface area contributed by atoms with E-state index >= 15 is 0 Å². The van der Waals surface area contributed by atoms with Crippen LogP contribution < -0.4 is 5.32 Å². The van der Waals surface area contributed by atoms with Crippen molar-refractivity contribution in [1.82, 2.24) is 15.1 Å². The Kier molecular flexibility index (Phi) is 5.46. The molecule has 0 aromatic carbocycles. The number of urea groups is 1. The third-order valence-corrected chi connectivity index (χ3v) is 3.90. The van der Waals surface area contributed by atoms with Crippen LogP contribution in [0.3, 0.4) is 0 Å². The molecule has 1 heterocycles. The summed E-state index contributed by atoms with van der Waals surface area (Å²) in [6.45, 7) is 1.62. The summed E-state index contributed by atoms with van der Waals surface area (Å²) in [4.78, 5) is 37.3. The summed E-state index contributed by atoms with van der Waals surface area (Å²) < 4.78 is 0. The molecule has 1 fully saturated rings. The maximum absolute atomic E-state index is 12.3. The van der Waals surface area contributed by atoms with Crippen molar-refractivity contribution >= 4 is 29.7 Å². The van der Waals surface area contributed by atoms with E-state index in [0.717, 1.165) is 10.7 Å². The highest BCUT2D eigenvalue weighted by Crippen LogP contribution is 2.12. The van der Waals surface area contributed by atoms with E-state index in [2.05, 4.69) is 5.32 Å². The number of carboxylic acid groups (broad SMARTS) is 1. The van der Waals surface area contributed by atoms with E-state index in [1.54, 1.807) is 18.8 Å². The van der Waals surface area contributed by atoms with Gasteiger partial charge in [-0.3, -0.25) is 9.69 Å². The number of nitrogens with one attached hydrogen (secondary N) is 1. The Morgan fingerprint density at radius 3 is 2.79 bits per heavy atom. The van der Waals surface area contributed by atoms with Crippen molar-refractivity contribution in [2.45, 2.75) is 19.0 Å². The van der Waals surface area contributed by atoms with Crippen LogP contribution in [0.15, 0.2) is 0 Å². The predicted molar refractivity (Wildman–Crippen MR) is 72.1 cm³/mol. The van der Waals surface area contributed by atoms with E-state index in [4.69, 9.17) is 5.11 Å². The molecule has 1 rings (SSSR count). The first kappa shape index (κ1) is 15.6. The highest BCUT2D eigenvalue weighted by molar-refractivity contribution is 7.98. The molecule has 2 atom stereocenters. The standard InChI is InChI=1S/C11H19N3O4S/c1-7(6-19-3)13(2)11(18)14-5-9(15)12-4-8(14)10(16)17/h7-8H,4-6H2,1-3H3,(H,12,15)(H,16,17). The zero-order chi connectivity index (χ0) is 14.6. The summed E-state index contributed by atoms with van der Waals surface area (Å²) in [6, 6.07) is -1.46. The molecule has 108 valence electrons. The van der Waals surface area contributed by atoms with E-state index in [-0.39, 0.29) is 25.0 Å². The van der Waals surface area contributed by atoms with Crippen molar-refractivity contribution in [3.05, 3.63) is 0 Å². The summed E-state index contributed by atoms with van der Waals surface area (Å²) in [7, 11) is 1.62. The van der Waals surface area contributed by atoms with Crippen molar-refractivity contribution < 1.29 is 19.5 Å². The normalized spacial score (nSPS) is 20.7. The quantitative estimate of drug-likeness (QED) is 0.740. The van der Waals surface area contributed by atoms with Gasteiger partial charge in [-0.05, 0) is 13.2 Å². The average Bonchev–Trinajstić information content (AvgIpc) is 2.36. The molecule has 0 aromatic heterocycles. The molecular formula is C11H19N3O4S. The largest absolute Gasteiger partial charge is 0.480 e. The Balaban J connectivity index is 2.81. The van der Waals surface area contributed by atoms with E-state index in [1.807, 2.05) is 13.2 Å². The maximum atomic E-state index is 12.3. The second kappa shape index (κ2) is 6.65. The number of rotatable bonds is 4. The van der Waals surface area contributed by atoms with Crippen LogP contribution in [0.5, 0.6) is 0 Å². The molecule has 7 nitrogen and oxygen atoms in total. The lowest BCUT2D eigenvalue weighted by atomic mass is 10.2. The maximum Gasteiger partial charge on any atom is 0.328 e. The highest BCUT2D eigenvalue weighted by Gasteiger charge is 2.37. The molecule has 19 heavy (non-hydrogen) atoms. The number of hydrogen-bond acceptors (Lipinski definition) is 4. The first-order valence-electron chi connectivity index (χ1n) is 5.90. The Hall–Kier alpha value is -1.44. The van der Waals surface area contributed by atoms with E-state index in [9.17, 15) is 14.4 Å². The van der Waals surface area contributed by atoms with Crippen molar-refractivity contribution in [2.75, 3.05) is 32.1 Å². The SMILES string of the molecule is CSCC(C)N(C)C(=O)N1CC(=O)NCC1C(=O)O. The van der Waals surface area contributed by atoms with Crippen LogP contribution in [-0.4, -0.2) is 77.0 Å². The lowest BCUT2D eigenvalue weighted by Gasteiger charge is -2.37. The molecule has 0 aromatic rings. The zero-order valence-electron chi connectivity index (χ0n) is 11.3. The molecule has 8 heteroatoms. The molecule has 3 amide bonds. The minimum absolute atomic E-state index is 0.0260. The van der Waals surface area contributed by atoms with Crippen molar-refractivity contribution in [2.24, 2.45) is 0 Å². The molecule has 0 saturated carbocycles. The van der Waals surface area contributed by atoms with Gasteiger partial charge in [0.25, 0.3) is 0 Å². The van der Waals surface area contributed by atoms with Gasteiger partial charge >= 0.3 is 12.0 Å². The molecule has 1 aliphatic heterocycles. The fraction of sp³-hybridized carbons (Fsp3) is 0.727. The van der Waals surface area contributed by atoms with Gasteiger partial charge in [0, 0.05) is 25.4 Å². The van der Waals surface area contributed by atoms with Crippen LogP contribution in [0.1, 0.15) is 6.92 Å². The Morgan fingerprint density at radius 1 is 1.63 bits per heavy atom. The summed E-state index contributed by atoms with van der Waals surface area (Å²) in [5, 5.41) is 11.6. The minimum Gasteiger partial charge on any atom is -0.480 e. The molecular weight excluding hydrogens is 270 g/mol. The topological polar surface area (TPSA) is 90.0 Å². The predicted octanol–water partition coefficient (Wildman–Crippen LogP) is -0.325. The lowest BCUT2D eigenvalue weighted by Crippen LogP contribution is -2.62. The van der Waals surface area contributed by atoms with Crippen LogP contribution in [0, 0.1) is 0 Å². The molecule has 1 saturated heterocycles. The second-order valence-corrected chi connectivity index (χ2v) is 5.39. The number of nitrogens with zero attached hydrogens (tertiary/aromatic N) is 2. The van der Waals surface area contributed by atoms with Crippen molar-refractivity contribution in [1.29, 1.82) is 0 Å². The highest BCUT2D eigenvalue weighted by atomic mass is 32.2. The number of thioether (sulfide) groups is 1. The molecule has 0 bridgehead atoms. The summed E-state index contributed by atoms with van der Waals surface area (Å²) >= 11 is 1.60. The van der Waals surface area contributed by atoms with Crippen LogP contribution in [0.2, 0.25) is 0 Å². The summed E-state index contributed by atoms with van der Waals surface area (Å²) in [6.07, 6.45) is 1.93. The van der Waals surface area contributed by atoms with Crippen LogP contribution in [0.4, 0.5) is 4.79 Å².